The summed E-state index contributed by atoms with van der Waals surface area (Å²) in [7, 11) is 0. The Hall–Kier alpha value is -3.26. The molecule has 0 saturated carbocycles. The van der Waals surface area contributed by atoms with Crippen molar-refractivity contribution in [1.29, 1.82) is 5.26 Å². The average molecular weight is 320 g/mol. The van der Waals surface area contributed by atoms with Crippen LogP contribution in [0.3, 0.4) is 0 Å². The first-order chi connectivity index (χ1) is 11.7. The lowest BCUT2D eigenvalue weighted by Gasteiger charge is -2.06. The van der Waals surface area contributed by atoms with Crippen molar-refractivity contribution in [3.05, 3.63) is 71.5 Å². The van der Waals surface area contributed by atoms with Crippen molar-refractivity contribution in [3.63, 3.8) is 0 Å². The van der Waals surface area contributed by atoms with Crippen LogP contribution >= 0.6 is 0 Å². The monoisotopic (exact) mass is 320 g/mol. The van der Waals surface area contributed by atoms with Crippen LogP contribution in [0.5, 0.6) is 5.75 Å². The minimum absolute atomic E-state index is 0.0522. The van der Waals surface area contributed by atoms with Gasteiger partial charge in [-0.05, 0) is 43.3 Å². The number of fused-ring (bicyclic) bond motifs is 1. The first-order valence-corrected chi connectivity index (χ1v) is 7.61. The topological polar surface area (TPSA) is 63.7 Å². The highest BCUT2D eigenvalue weighted by atomic mass is 16.5. The van der Waals surface area contributed by atoms with E-state index in [0.717, 1.165) is 5.52 Å². The maximum Gasteiger partial charge on any atom is 0.338 e. The van der Waals surface area contributed by atoms with Crippen LogP contribution in [0.15, 0.2) is 54.9 Å². The van der Waals surface area contributed by atoms with E-state index >= 15 is 0 Å². The van der Waals surface area contributed by atoms with E-state index < -0.39 is 5.97 Å². The Morgan fingerprint density at radius 2 is 2.00 bits per heavy atom. The Bertz CT molecular complexity index is 905. The van der Waals surface area contributed by atoms with Gasteiger partial charge in [0.15, 0.2) is 0 Å². The van der Waals surface area contributed by atoms with Crippen LogP contribution in [-0.2, 0) is 11.3 Å². The van der Waals surface area contributed by atoms with E-state index in [1.165, 1.54) is 0 Å². The number of hydrogen-bond donors (Lipinski definition) is 0. The van der Waals surface area contributed by atoms with Crippen molar-refractivity contribution < 1.29 is 14.3 Å². The number of hydrogen-bond acceptors (Lipinski definition) is 4. The fraction of sp³-hybridized carbons (Fsp3) is 0.158. The quantitative estimate of drug-likeness (QED) is 0.674. The summed E-state index contributed by atoms with van der Waals surface area (Å²) < 4.78 is 12.5. The molecule has 0 atom stereocenters. The normalized spacial score (nSPS) is 10.3. The molecule has 3 aromatic rings. The molecule has 0 aliphatic carbocycles. The molecule has 2 aromatic heterocycles. The predicted molar refractivity (Wildman–Crippen MR) is 88.8 cm³/mol. The Morgan fingerprint density at radius 1 is 1.21 bits per heavy atom. The number of benzene rings is 1. The lowest BCUT2D eigenvalue weighted by molar-refractivity contribution is 0.0472. The van der Waals surface area contributed by atoms with E-state index in [-0.39, 0.29) is 6.61 Å². The second-order valence-electron chi connectivity index (χ2n) is 5.17. The summed E-state index contributed by atoms with van der Waals surface area (Å²) in [5.41, 5.74) is 2.45. The highest BCUT2D eigenvalue weighted by Crippen LogP contribution is 2.19. The molecule has 0 aliphatic rings. The summed E-state index contributed by atoms with van der Waals surface area (Å²) in [6.07, 6.45) is 3.66. The van der Waals surface area contributed by atoms with Gasteiger partial charge in [0.2, 0.25) is 0 Å². The van der Waals surface area contributed by atoms with Gasteiger partial charge in [-0.15, -0.1) is 0 Å². The van der Waals surface area contributed by atoms with E-state index in [9.17, 15) is 10.1 Å². The van der Waals surface area contributed by atoms with E-state index in [0.29, 0.717) is 29.0 Å². The number of carbonyl (C=O) groups is 1. The smallest absolute Gasteiger partial charge is 0.338 e. The molecule has 0 amide bonds. The molecular weight excluding hydrogens is 304 g/mol. The summed E-state index contributed by atoms with van der Waals surface area (Å²) >= 11 is 0. The average Bonchev–Trinajstić information content (AvgIpc) is 2.98. The van der Waals surface area contributed by atoms with Crippen LogP contribution < -0.4 is 4.74 Å². The van der Waals surface area contributed by atoms with Crippen molar-refractivity contribution in [2.75, 3.05) is 6.61 Å². The van der Waals surface area contributed by atoms with Gasteiger partial charge in [0.25, 0.3) is 0 Å². The van der Waals surface area contributed by atoms with E-state index in [1.807, 2.05) is 35.7 Å². The second kappa shape index (κ2) is 6.88. The molecule has 5 nitrogen and oxygen atoms in total. The number of esters is 1. The van der Waals surface area contributed by atoms with Crippen molar-refractivity contribution in [2.24, 2.45) is 0 Å². The Kier molecular flexibility index (Phi) is 4.48. The van der Waals surface area contributed by atoms with Crippen LogP contribution in [0.4, 0.5) is 0 Å². The van der Waals surface area contributed by atoms with Crippen molar-refractivity contribution in [2.45, 2.75) is 13.5 Å². The molecule has 0 bridgehead atoms. The standard InChI is InChI=1S/C19H16N2O3/c1-2-23-16-8-6-14(7-9-16)19(22)24-13-15-12-21-10-4-3-5-18(21)17(15)11-20/h3-10,12H,2,13H2,1H3. The molecule has 1 aromatic carbocycles. The molecule has 2 heterocycles. The fourth-order valence-electron chi connectivity index (χ4n) is 2.50. The number of rotatable bonds is 5. The van der Waals surface area contributed by atoms with E-state index in [1.54, 1.807) is 30.5 Å². The number of ether oxygens (including phenoxy) is 2. The van der Waals surface area contributed by atoms with Crippen LogP contribution in [0.2, 0.25) is 0 Å². The molecular formula is C19H16N2O3. The predicted octanol–water partition coefficient (Wildman–Crippen LogP) is 3.57. The molecule has 0 saturated heterocycles. The zero-order valence-corrected chi connectivity index (χ0v) is 13.2. The first kappa shape index (κ1) is 15.6. The van der Waals surface area contributed by atoms with Crippen LogP contribution in [0.25, 0.3) is 5.52 Å². The van der Waals surface area contributed by atoms with Gasteiger partial charge in [-0.3, -0.25) is 0 Å². The zero-order valence-electron chi connectivity index (χ0n) is 13.2. The van der Waals surface area contributed by atoms with Gasteiger partial charge in [0, 0.05) is 18.0 Å². The summed E-state index contributed by atoms with van der Waals surface area (Å²) in [4.78, 5) is 12.1. The Morgan fingerprint density at radius 3 is 2.71 bits per heavy atom. The van der Waals surface area contributed by atoms with Crippen LogP contribution in [0.1, 0.15) is 28.4 Å². The van der Waals surface area contributed by atoms with Crippen molar-refractivity contribution >= 4 is 11.5 Å². The number of nitriles is 1. The van der Waals surface area contributed by atoms with E-state index in [4.69, 9.17) is 9.47 Å². The third-order valence-corrected chi connectivity index (χ3v) is 3.63. The zero-order chi connectivity index (χ0) is 16.9. The van der Waals surface area contributed by atoms with Gasteiger partial charge in [-0.25, -0.2) is 4.79 Å². The number of pyridine rings is 1. The van der Waals surface area contributed by atoms with Gasteiger partial charge in [0.05, 0.1) is 23.3 Å². The summed E-state index contributed by atoms with van der Waals surface area (Å²) in [5, 5.41) is 9.35. The van der Waals surface area contributed by atoms with Gasteiger partial charge in [0.1, 0.15) is 18.4 Å². The van der Waals surface area contributed by atoms with Gasteiger partial charge >= 0.3 is 5.97 Å². The molecule has 24 heavy (non-hydrogen) atoms. The minimum Gasteiger partial charge on any atom is -0.494 e. The molecule has 0 unspecified atom stereocenters. The molecule has 120 valence electrons. The first-order valence-electron chi connectivity index (χ1n) is 7.61. The molecule has 5 heteroatoms. The van der Waals surface area contributed by atoms with Gasteiger partial charge in [-0.1, -0.05) is 6.07 Å². The molecule has 0 N–H and O–H groups in total. The molecule has 0 radical (unpaired) electrons. The third kappa shape index (κ3) is 3.08. The van der Waals surface area contributed by atoms with Crippen LogP contribution in [0, 0.1) is 11.3 Å². The fourth-order valence-corrected chi connectivity index (χ4v) is 2.50. The Labute approximate surface area is 139 Å². The second-order valence-corrected chi connectivity index (χ2v) is 5.17. The highest BCUT2D eigenvalue weighted by molar-refractivity contribution is 5.89. The number of carbonyl (C=O) groups excluding carboxylic acids is 1. The maximum absolute atomic E-state index is 12.1. The van der Waals surface area contributed by atoms with Crippen molar-refractivity contribution in [3.8, 4) is 11.8 Å². The number of nitrogens with zero attached hydrogens (tertiary/aromatic N) is 2. The summed E-state index contributed by atoms with van der Waals surface area (Å²) in [6, 6.07) is 14.6. The van der Waals surface area contributed by atoms with Gasteiger partial charge < -0.3 is 13.9 Å². The van der Waals surface area contributed by atoms with Gasteiger partial charge in [-0.2, -0.15) is 5.26 Å². The summed E-state index contributed by atoms with van der Waals surface area (Å²) in [5.74, 6) is 0.275. The molecule has 0 fully saturated rings. The Balaban J connectivity index is 1.73. The number of aromatic nitrogens is 1. The SMILES string of the molecule is CCOc1ccc(C(=O)OCc2cn3ccccc3c2C#N)cc1. The van der Waals surface area contributed by atoms with E-state index in [2.05, 4.69) is 6.07 Å². The molecule has 3 rings (SSSR count). The molecule has 0 spiro atoms. The minimum atomic E-state index is -0.433. The van der Waals surface area contributed by atoms with Crippen LogP contribution in [-0.4, -0.2) is 17.0 Å². The third-order valence-electron chi connectivity index (χ3n) is 3.63. The summed E-state index contributed by atoms with van der Waals surface area (Å²) in [6.45, 7) is 2.52. The highest BCUT2D eigenvalue weighted by Gasteiger charge is 2.13. The largest absolute Gasteiger partial charge is 0.494 e. The maximum atomic E-state index is 12.1. The molecule has 0 aliphatic heterocycles. The lowest BCUT2D eigenvalue weighted by atomic mass is 10.2. The lowest BCUT2D eigenvalue weighted by Crippen LogP contribution is -2.05. The van der Waals surface area contributed by atoms with Crippen molar-refractivity contribution in [1.82, 2.24) is 4.40 Å².